The van der Waals surface area contributed by atoms with Gasteiger partial charge in [0.1, 0.15) is 4.21 Å². The number of nitrogens with zero attached hydrogens (tertiary/aromatic N) is 1. The first-order valence-electron chi connectivity index (χ1n) is 8.86. The molecule has 2 aromatic rings. The molecule has 1 aromatic carbocycles. The zero-order valence-corrected chi connectivity index (χ0v) is 16.7. The highest BCUT2D eigenvalue weighted by Gasteiger charge is 2.34. The maximum absolute atomic E-state index is 12.8. The molecule has 1 saturated heterocycles. The maximum Gasteiger partial charge on any atom is 0.252 e. The van der Waals surface area contributed by atoms with Crippen LogP contribution in [0.1, 0.15) is 30.9 Å². The Bertz CT molecular complexity index is 876. The number of hydrogen-bond acceptors (Lipinski definition) is 4. The summed E-state index contributed by atoms with van der Waals surface area (Å²) in [7, 11) is -3.51. The van der Waals surface area contributed by atoms with Gasteiger partial charge in [0, 0.05) is 18.8 Å². The van der Waals surface area contributed by atoms with E-state index in [9.17, 15) is 13.2 Å². The van der Waals surface area contributed by atoms with Gasteiger partial charge in [0.2, 0.25) is 5.91 Å². The standard InChI is InChI=1S/C19H24N2O3S2/c1-3-15-8-4-7-14(2)18(15)20-19(22)16-9-5-11-21(13-16)26(23,24)17-10-6-12-25-17/h4,6-8,10,12,16H,3,5,9,11,13H2,1-2H3,(H,20,22). The minimum absolute atomic E-state index is 0.0971. The van der Waals surface area contributed by atoms with Crippen LogP contribution in [0, 0.1) is 12.8 Å². The molecule has 0 bridgehead atoms. The lowest BCUT2D eigenvalue weighted by atomic mass is 9.98. The number of anilines is 1. The number of amides is 1. The number of piperidine rings is 1. The lowest BCUT2D eigenvalue weighted by Gasteiger charge is -2.31. The molecule has 1 atom stereocenters. The van der Waals surface area contributed by atoms with Gasteiger partial charge in [-0.2, -0.15) is 4.31 Å². The van der Waals surface area contributed by atoms with Crippen molar-refractivity contribution in [2.24, 2.45) is 5.92 Å². The highest BCUT2D eigenvalue weighted by Crippen LogP contribution is 2.28. The number of carbonyl (C=O) groups excluding carboxylic acids is 1. The molecule has 26 heavy (non-hydrogen) atoms. The molecule has 0 saturated carbocycles. The second kappa shape index (κ2) is 7.90. The Labute approximate surface area is 159 Å². The van der Waals surface area contributed by atoms with Crippen LogP contribution in [0.5, 0.6) is 0 Å². The molecule has 0 radical (unpaired) electrons. The third kappa shape index (κ3) is 3.84. The number of carbonyl (C=O) groups is 1. The van der Waals surface area contributed by atoms with E-state index >= 15 is 0 Å². The van der Waals surface area contributed by atoms with Gasteiger partial charge in [-0.25, -0.2) is 8.42 Å². The van der Waals surface area contributed by atoms with Crippen molar-refractivity contribution in [1.29, 1.82) is 0 Å². The highest BCUT2D eigenvalue weighted by atomic mass is 32.2. The van der Waals surface area contributed by atoms with Crippen molar-refractivity contribution in [3.8, 4) is 0 Å². The average molecular weight is 393 g/mol. The molecule has 1 unspecified atom stereocenters. The largest absolute Gasteiger partial charge is 0.325 e. The molecule has 2 heterocycles. The minimum atomic E-state index is -3.51. The van der Waals surface area contributed by atoms with Crippen LogP contribution in [-0.4, -0.2) is 31.7 Å². The van der Waals surface area contributed by atoms with E-state index in [1.54, 1.807) is 17.5 Å². The predicted molar refractivity (Wildman–Crippen MR) is 105 cm³/mol. The molecule has 1 N–H and O–H groups in total. The van der Waals surface area contributed by atoms with E-state index in [1.165, 1.54) is 15.6 Å². The van der Waals surface area contributed by atoms with Gasteiger partial charge in [0.15, 0.2) is 0 Å². The lowest BCUT2D eigenvalue weighted by Crippen LogP contribution is -2.43. The fourth-order valence-corrected chi connectivity index (χ4v) is 6.01. The third-order valence-electron chi connectivity index (χ3n) is 4.83. The monoisotopic (exact) mass is 392 g/mol. The number of rotatable bonds is 5. The van der Waals surface area contributed by atoms with Crippen molar-refractivity contribution >= 4 is 33.0 Å². The van der Waals surface area contributed by atoms with E-state index in [0.717, 1.165) is 23.2 Å². The molecule has 5 nitrogen and oxygen atoms in total. The topological polar surface area (TPSA) is 66.5 Å². The van der Waals surface area contributed by atoms with Crippen LogP contribution in [0.25, 0.3) is 0 Å². The SMILES string of the molecule is CCc1cccc(C)c1NC(=O)C1CCCN(S(=O)(=O)c2cccs2)C1. The summed E-state index contributed by atoms with van der Waals surface area (Å²) in [4.78, 5) is 12.8. The number of thiophene rings is 1. The Morgan fingerprint density at radius 1 is 1.31 bits per heavy atom. The zero-order valence-electron chi connectivity index (χ0n) is 15.1. The van der Waals surface area contributed by atoms with Crippen molar-refractivity contribution in [3.63, 3.8) is 0 Å². The van der Waals surface area contributed by atoms with Gasteiger partial charge < -0.3 is 5.32 Å². The van der Waals surface area contributed by atoms with E-state index in [0.29, 0.717) is 23.6 Å². The summed E-state index contributed by atoms with van der Waals surface area (Å²) in [6, 6.07) is 9.32. The van der Waals surface area contributed by atoms with Crippen molar-refractivity contribution in [2.45, 2.75) is 37.3 Å². The first-order valence-corrected chi connectivity index (χ1v) is 11.2. The van der Waals surface area contributed by atoms with Crippen LogP contribution < -0.4 is 5.32 Å². The van der Waals surface area contributed by atoms with Gasteiger partial charge in [-0.1, -0.05) is 31.2 Å². The fourth-order valence-electron chi connectivity index (χ4n) is 3.34. The van der Waals surface area contributed by atoms with E-state index in [4.69, 9.17) is 0 Å². The summed E-state index contributed by atoms with van der Waals surface area (Å²) in [6.07, 6.45) is 2.23. The molecule has 1 aliphatic heterocycles. The summed E-state index contributed by atoms with van der Waals surface area (Å²) in [6.45, 7) is 4.73. The number of hydrogen-bond donors (Lipinski definition) is 1. The third-order valence-corrected chi connectivity index (χ3v) is 8.07. The number of sulfonamides is 1. The van der Waals surface area contributed by atoms with E-state index in [1.807, 2.05) is 25.1 Å². The normalized spacial score (nSPS) is 18.6. The van der Waals surface area contributed by atoms with Crippen LogP contribution >= 0.6 is 11.3 Å². The first kappa shape index (κ1) is 19.1. The molecule has 7 heteroatoms. The molecule has 1 aliphatic rings. The Morgan fingerprint density at radius 2 is 2.12 bits per heavy atom. The Hall–Kier alpha value is -1.70. The van der Waals surface area contributed by atoms with E-state index in [2.05, 4.69) is 12.2 Å². The Balaban J connectivity index is 1.75. The van der Waals surface area contributed by atoms with Gasteiger partial charge in [-0.3, -0.25) is 4.79 Å². The number of para-hydroxylation sites is 1. The van der Waals surface area contributed by atoms with Crippen LogP contribution in [0.4, 0.5) is 5.69 Å². The molecule has 1 fully saturated rings. The Morgan fingerprint density at radius 3 is 2.81 bits per heavy atom. The summed E-state index contributed by atoms with van der Waals surface area (Å²) in [5.74, 6) is -0.428. The van der Waals surface area contributed by atoms with Crippen molar-refractivity contribution in [2.75, 3.05) is 18.4 Å². The summed E-state index contributed by atoms with van der Waals surface area (Å²) in [5, 5.41) is 4.80. The van der Waals surface area contributed by atoms with E-state index in [-0.39, 0.29) is 18.4 Å². The Kier molecular flexibility index (Phi) is 5.79. The molecular formula is C19H24N2O3S2. The summed E-state index contributed by atoms with van der Waals surface area (Å²) in [5.41, 5.74) is 2.98. The minimum Gasteiger partial charge on any atom is -0.325 e. The zero-order chi connectivity index (χ0) is 18.7. The summed E-state index contributed by atoms with van der Waals surface area (Å²) < 4.78 is 27.3. The van der Waals surface area contributed by atoms with Crippen LogP contribution in [0.15, 0.2) is 39.9 Å². The second-order valence-corrected chi connectivity index (χ2v) is 9.70. The second-order valence-electron chi connectivity index (χ2n) is 6.59. The summed E-state index contributed by atoms with van der Waals surface area (Å²) >= 11 is 1.21. The van der Waals surface area contributed by atoms with Gasteiger partial charge >= 0.3 is 0 Å². The van der Waals surface area contributed by atoms with E-state index < -0.39 is 10.0 Å². The quantitative estimate of drug-likeness (QED) is 0.844. The number of nitrogens with one attached hydrogen (secondary N) is 1. The molecule has 1 amide bonds. The van der Waals surface area contributed by atoms with Crippen LogP contribution in [0.2, 0.25) is 0 Å². The molecule has 1 aromatic heterocycles. The van der Waals surface area contributed by atoms with Crippen molar-refractivity contribution in [1.82, 2.24) is 4.31 Å². The molecule has 140 valence electrons. The fraction of sp³-hybridized carbons (Fsp3) is 0.421. The van der Waals surface area contributed by atoms with Gasteiger partial charge in [-0.05, 0) is 48.8 Å². The maximum atomic E-state index is 12.8. The van der Waals surface area contributed by atoms with Crippen LogP contribution in [0.3, 0.4) is 0 Å². The molecule has 0 spiro atoms. The lowest BCUT2D eigenvalue weighted by molar-refractivity contribution is -0.120. The average Bonchev–Trinajstić information content (AvgIpc) is 3.19. The van der Waals surface area contributed by atoms with Crippen LogP contribution in [-0.2, 0) is 21.2 Å². The van der Waals surface area contributed by atoms with Gasteiger partial charge in [0.25, 0.3) is 10.0 Å². The van der Waals surface area contributed by atoms with Crippen molar-refractivity contribution < 1.29 is 13.2 Å². The predicted octanol–water partition coefficient (Wildman–Crippen LogP) is 3.66. The van der Waals surface area contributed by atoms with Gasteiger partial charge in [-0.15, -0.1) is 11.3 Å². The molecular weight excluding hydrogens is 368 g/mol. The first-order chi connectivity index (χ1) is 12.4. The molecule has 0 aliphatic carbocycles. The smallest absolute Gasteiger partial charge is 0.252 e. The molecule has 3 rings (SSSR count). The highest BCUT2D eigenvalue weighted by molar-refractivity contribution is 7.91. The number of benzene rings is 1. The van der Waals surface area contributed by atoms with Gasteiger partial charge in [0.05, 0.1) is 5.92 Å². The van der Waals surface area contributed by atoms with Crippen molar-refractivity contribution in [3.05, 3.63) is 46.8 Å². The number of aryl methyl sites for hydroxylation is 2.